The van der Waals surface area contributed by atoms with Gasteiger partial charge in [-0.1, -0.05) is 47.5 Å². The van der Waals surface area contributed by atoms with Gasteiger partial charge in [0.05, 0.1) is 0 Å². The highest BCUT2D eigenvalue weighted by molar-refractivity contribution is 6.31. The topological polar surface area (TPSA) is 220 Å². The monoisotopic (exact) mass is 1000 g/mol. The van der Waals surface area contributed by atoms with Gasteiger partial charge in [0.1, 0.15) is 22.6 Å². The number of carbonyl (C=O) groups is 6. The minimum atomic E-state index is -1.31. The van der Waals surface area contributed by atoms with Gasteiger partial charge in [-0.05, 0) is 159 Å². The molecule has 370 valence electrons. The van der Waals surface area contributed by atoms with Crippen molar-refractivity contribution in [3.63, 3.8) is 0 Å². The Kier molecular flexibility index (Phi) is 22.8. The third kappa shape index (κ3) is 19.7. The van der Waals surface area contributed by atoms with Gasteiger partial charge in [0, 0.05) is 34.3 Å². The van der Waals surface area contributed by atoms with Crippen molar-refractivity contribution in [2.24, 2.45) is 5.73 Å². The smallest absolute Gasteiger partial charge is 0.352 e. The van der Waals surface area contributed by atoms with Crippen LogP contribution in [0.2, 0.25) is 10.0 Å². The van der Waals surface area contributed by atoms with Gasteiger partial charge in [0.2, 0.25) is 13.6 Å². The highest BCUT2D eigenvalue weighted by Crippen LogP contribution is 2.22. The van der Waals surface area contributed by atoms with Crippen LogP contribution in [0.1, 0.15) is 87.2 Å². The Morgan fingerprint density at radius 2 is 0.824 bits per heavy atom. The Morgan fingerprint density at radius 3 is 1.15 bits per heavy atom. The molecule has 4 aromatic rings. The van der Waals surface area contributed by atoms with Crippen LogP contribution in [0.5, 0.6) is 11.5 Å². The number of carbonyl (C=O) groups excluding carboxylic acids is 6. The molecule has 0 heterocycles. The summed E-state index contributed by atoms with van der Waals surface area (Å²) < 4.78 is 31.3. The van der Waals surface area contributed by atoms with Crippen LogP contribution in [0.4, 0.5) is 0 Å². The van der Waals surface area contributed by atoms with Crippen molar-refractivity contribution in [1.82, 2.24) is 16.0 Å². The van der Waals surface area contributed by atoms with Crippen LogP contribution in [-0.4, -0.2) is 91.7 Å². The van der Waals surface area contributed by atoms with Crippen LogP contribution in [0.25, 0.3) is 0 Å². The molecule has 2 amide bonds. The molecule has 0 aliphatic carbocycles. The molecule has 0 radical (unpaired) electrons. The molecule has 4 rings (SSSR count). The Hall–Kier alpha value is -5.91. The number of halogens is 3. The second-order valence-electron chi connectivity index (χ2n) is 17.1. The fraction of sp³-hybridized carbons (Fsp3) is 0.388. The molecule has 5 N–H and O–H groups in total. The second-order valence-corrected chi connectivity index (χ2v) is 18.0. The minimum absolute atomic E-state index is 0. The number of benzene rings is 4. The van der Waals surface area contributed by atoms with Crippen molar-refractivity contribution < 1.29 is 57.2 Å². The predicted molar refractivity (Wildman–Crippen MR) is 260 cm³/mol. The molecule has 16 nitrogen and oxygen atoms in total. The normalized spacial score (nSPS) is 11.3. The number of amides is 2. The molecule has 0 aliphatic heterocycles. The van der Waals surface area contributed by atoms with Gasteiger partial charge in [-0.15, -0.1) is 12.4 Å². The molecule has 19 heteroatoms. The van der Waals surface area contributed by atoms with Gasteiger partial charge in [-0.25, -0.2) is 19.2 Å². The lowest BCUT2D eigenvalue weighted by molar-refractivity contribution is -0.181. The van der Waals surface area contributed by atoms with Crippen molar-refractivity contribution in [2.75, 3.05) is 33.7 Å². The van der Waals surface area contributed by atoms with Crippen molar-refractivity contribution in [3.8, 4) is 11.5 Å². The molecule has 0 spiro atoms. The van der Waals surface area contributed by atoms with Gasteiger partial charge >= 0.3 is 23.9 Å². The van der Waals surface area contributed by atoms with E-state index in [9.17, 15) is 28.8 Å². The maximum Gasteiger partial charge on any atom is 0.352 e. The lowest BCUT2D eigenvalue weighted by Crippen LogP contribution is -2.46. The number of rotatable bonds is 21. The quantitative estimate of drug-likeness (QED) is 0.0480. The fourth-order valence-electron chi connectivity index (χ4n) is 5.26. The van der Waals surface area contributed by atoms with Crippen molar-refractivity contribution in [1.29, 1.82) is 0 Å². The zero-order valence-electron chi connectivity index (χ0n) is 39.6. The first kappa shape index (κ1) is 58.2. The Labute approximate surface area is 413 Å². The first-order valence-corrected chi connectivity index (χ1v) is 21.9. The third-order valence-electron chi connectivity index (χ3n) is 9.61. The molecule has 0 aliphatic rings. The van der Waals surface area contributed by atoms with Crippen LogP contribution >= 0.6 is 35.6 Å². The van der Waals surface area contributed by atoms with E-state index in [1.165, 1.54) is 13.8 Å². The summed E-state index contributed by atoms with van der Waals surface area (Å²) in [5.41, 5.74) is 3.99. The molecule has 4 aromatic carbocycles. The Morgan fingerprint density at radius 1 is 0.500 bits per heavy atom. The van der Waals surface area contributed by atoms with E-state index in [4.69, 9.17) is 57.4 Å². The summed E-state index contributed by atoms with van der Waals surface area (Å²) in [6.07, 6.45) is 1.24. The highest BCUT2D eigenvalue weighted by atomic mass is 35.5. The SMILES string of the molecule is CC(C)(N)C(=O)OCOC(=O)C(C)(C)Oc1ccc(CCNC(=O)c2ccc(Cl)cc2)cc1.CNC(C)(C)C(=O)OCOC(=O)C(C)(C)Oc1ccc(CCNC(=O)c2ccc(Cl)cc2)cc1.Cl. The van der Waals surface area contributed by atoms with Gasteiger partial charge in [-0.2, -0.15) is 0 Å². The van der Waals surface area contributed by atoms with Crippen LogP contribution in [0, 0.1) is 0 Å². The van der Waals surface area contributed by atoms with Crippen LogP contribution < -0.4 is 31.2 Å². The van der Waals surface area contributed by atoms with E-state index in [0.29, 0.717) is 58.6 Å². The molecule has 0 atom stereocenters. The van der Waals surface area contributed by atoms with Gasteiger partial charge in [0.15, 0.2) is 11.2 Å². The maximum atomic E-state index is 12.4. The van der Waals surface area contributed by atoms with E-state index in [1.807, 2.05) is 24.3 Å². The van der Waals surface area contributed by atoms with Gasteiger partial charge in [-0.3, -0.25) is 9.59 Å². The molecule has 0 unspecified atom stereocenters. The molecule has 68 heavy (non-hydrogen) atoms. The van der Waals surface area contributed by atoms with Crippen molar-refractivity contribution >= 4 is 71.3 Å². The lowest BCUT2D eigenvalue weighted by Gasteiger charge is -2.25. The van der Waals surface area contributed by atoms with Crippen molar-refractivity contribution in [2.45, 2.75) is 90.5 Å². The highest BCUT2D eigenvalue weighted by Gasteiger charge is 2.34. The number of hydrogen-bond donors (Lipinski definition) is 4. The van der Waals surface area contributed by atoms with E-state index in [1.54, 1.807) is 121 Å². The van der Waals surface area contributed by atoms with E-state index in [-0.39, 0.29) is 24.2 Å². The van der Waals surface area contributed by atoms with Gasteiger partial charge < -0.3 is 50.1 Å². The Bertz CT molecular complexity index is 2280. The molecule has 0 saturated heterocycles. The standard InChI is InChI=1S/C25H31ClN2O6.C24H29ClN2O6.ClH/c1-24(2,27-5)22(30)32-16-33-23(31)25(3,4)34-20-12-6-17(7-13-20)14-15-28-21(29)18-8-10-19(26)11-9-18;1-23(2,26)21(29)31-15-32-22(30)24(3,4)33-19-11-5-16(6-12-19)13-14-27-20(28)17-7-9-18(25)10-8-17;/h6-13,27H,14-16H2,1-5H3,(H,28,29);5-12H,13-15,26H2,1-4H3,(H,27,28);1H. The minimum Gasteiger partial charge on any atom is -0.476 e. The van der Waals surface area contributed by atoms with Crippen LogP contribution in [-0.2, 0) is 51.0 Å². The first-order valence-electron chi connectivity index (χ1n) is 21.1. The molecular formula is C49H61Cl3N4O12. The number of hydrogen-bond acceptors (Lipinski definition) is 14. The zero-order chi connectivity index (χ0) is 50.0. The summed E-state index contributed by atoms with van der Waals surface area (Å²) in [6, 6.07) is 27.7. The number of ether oxygens (including phenoxy) is 6. The Balaban J connectivity index is 0.000000460. The largest absolute Gasteiger partial charge is 0.476 e. The summed E-state index contributed by atoms with van der Waals surface area (Å²) in [7, 11) is 1.63. The van der Waals surface area contributed by atoms with Crippen LogP contribution in [0.15, 0.2) is 97.1 Å². The van der Waals surface area contributed by atoms with Crippen LogP contribution in [0.3, 0.4) is 0 Å². The summed E-state index contributed by atoms with van der Waals surface area (Å²) in [5.74, 6) is -1.99. The first-order chi connectivity index (χ1) is 31.3. The zero-order valence-corrected chi connectivity index (χ0v) is 41.9. The van der Waals surface area contributed by atoms with Crippen molar-refractivity contribution in [3.05, 3.63) is 129 Å². The summed E-state index contributed by atoms with van der Waals surface area (Å²) in [6.45, 7) is 12.4. The third-order valence-corrected chi connectivity index (χ3v) is 10.1. The number of esters is 4. The number of nitrogens with two attached hydrogens (primary N) is 1. The summed E-state index contributed by atoms with van der Waals surface area (Å²) in [4.78, 5) is 72.5. The van der Waals surface area contributed by atoms with E-state index in [2.05, 4.69) is 16.0 Å². The number of nitrogens with one attached hydrogen (secondary N) is 3. The maximum absolute atomic E-state index is 12.4. The molecular weight excluding hydrogens is 943 g/mol. The second kappa shape index (κ2) is 26.6. The fourth-order valence-corrected chi connectivity index (χ4v) is 5.51. The summed E-state index contributed by atoms with van der Waals surface area (Å²) in [5, 5.41) is 9.67. The van der Waals surface area contributed by atoms with E-state index >= 15 is 0 Å². The molecule has 0 fully saturated rings. The molecule has 0 aromatic heterocycles. The summed E-state index contributed by atoms with van der Waals surface area (Å²) >= 11 is 11.7. The average molecular weight is 1000 g/mol. The van der Waals surface area contributed by atoms with E-state index < -0.39 is 59.7 Å². The average Bonchev–Trinajstić information content (AvgIpc) is 3.27. The predicted octanol–water partition coefficient (Wildman–Crippen LogP) is 7.18. The molecule has 0 bridgehead atoms. The van der Waals surface area contributed by atoms with Gasteiger partial charge in [0.25, 0.3) is 11.8 Å². The molecule has 0 saturated carbocycles. The number of likely N-dealkylation sites (N-methyl/N-ethyl adjacent to an activating group) is 1. The van der Waals surface area contributed by atoms with E-state index in [0.717, 1.165) is 11.1 Å². The lowest BCUT2D eigenvalue weighted by atomic mass is 10.1.